The molecule has 16 rings (SSSR count). The first-order valence-electron chi connectivity index (χ1n) is 49.7. The average Bonchev–Trinajstić information content (AvgIpc) is 1.64. The van der Waals surface area contributed by atoms with Crippen LogP contribution in [0.4, 0.5) is 0 Å². The second-order valence-corrected chi connectivity index (χ2v) is 40.3. The summed E-state index contributed by atoms with van der Waals surface area (Å²) >= 11 is 8.46. The van der Waals surface area contributed by atoms with Crippen LogP contribution < -0.4 is 94.7 Å². The van der Waals surface area contributed by atoms with Crippen LogP contribution in [0.2, 0.25) is 0 Å². The topological polar surface area (TPSA) is 185 Å². The van der Waals surface area contributed by atoms with Crippen molar-refractivity contribution in [1.29, 1.82) is 0 Å². The average molecular weight is 2110 g/mol. The highest BCUT2D eigenvalue weighted by Gasteiger charge is 2.32. The Balaban J connectivity index is 0.000000166. The number of thiophene rings is 5. The number of hydrogen-bond donors (Lipinski definition) is 0. The summed E-state index contributed by atoms with van der Waals surface area (Å²) in [5.74, 6) is 16.0. The second kappa shape index (κ2) is 54.2. The molecular formula is C124H140O20S5. The monoisotopic (exact) mass is 2110 g/mol. The molecule has 20 nitrogen and oxygen atoms in total. The van der Waals surface area contributed by atoms with Crippen LogP contribution in [0.1, 0.15) is 116 Å². The maximum Gasteiger partial charge on any atom is 0.132 e. The van der Waals surface area contributed by atoms with E-state index in [-0.39, 0.29) is 24.4 Å². The molecule has 0 amide bonds. The molecule has 786 valence electrons. The van der Waals surface area contributed by atoms with E-state index in [1.165, 1.54) is 33.4 Å². The van der Waals surface area contributed by atoms with E-state index in [4.69, 9.17) is 94.7 Å². The summed E-state index contributed by atoms with van der Waals surface area (Å²) in [5.41, 5.74) is 19.0. The summed E-state index contributed by atoms with van der Waals surface area (Å²) in [4.78, 5) is 11.0. The van der Waals surface area contributed by atoms with Crippen LogP contribution in [-0.4, -0.2) is 136 Å². The fourth-order valence-corrected chi connectivity index (χ4v) is 24.0. The number of ether oxygens (including phenoxy) is 20. The summed E-state index contributed by atoms with van der Waals surface area (Å²) in [6, 6.07) is 75.8. The Hall–Kier alpha value is -14.1. The van der Waals surface area contributed by atoms with E-state index in [1.54, 1.807) is 142 Å². The summed E-state index contributed by atoms with van der Waals surface area (Å²) in [6.45, 7) is 39.4. The highest BCUT2D eigenvalue weighted by atomic mass is 32.1. The largest absolute Gasteiger partial charge is 0.496 e. The molecule has 0 saturated carbocycles. The van der Waals surface area contributed by atoms with Gasteiger partial charge in [0.2, 0.25) is 0 Å². The molecule has 0 atom stereocenters. The van der Waals surface area contributed by atoms with Gasteiger partial charge in [-0.25, -0.2) is 0 Å². The maximum absolute atomic E-state index is 6.25. The van der Waals surface area contributed by atoms with Crippen molar-refractivity contribution in [3.05, 3.63) is 264 Å². The highest BCUT2D eigenvalue weighted by Crippen LogP contribution is 2.59. The molecule has 0 fully saturated rings. The van der Waals surface area contributed by atoms with Crippen molar-refractivity contribution >= 4 is 56.7 Å². The van der Waals surface area contributed by atoms with E-state index in [0.29, 0.717) is 26.4 Å². The van der Waals surface area contributed by atoms with Crippen LogP contribution in [0.25, 0.3) is 116 Å². The van der Waals surface area contributed by atoms with Crippen molar-refractivity contribution in [3.8, 4) is 231 Å². The first-order valence-corrected chi connectivity index (χ1v) is 53.7. The lowest BCUT2D eigenvalue weighted by atomic mass is 10.00. The van der Waals surface area contributed by atoms with Crippen LogP contribution >= 0.6 is 56.7 Å². The van der Waals surface area contributed by atoms with E-state index in [2.05, 4.69) is 84.0 Å². The van der Waals surface area contributed by atoms with Crippen LogP contribution in [0.3, 0.4) is 0 Å². The Kier molecular flexibility index (Phi) is 41.3. The molecule has 149 heavy (non-hydrogen) atoms. The zero-order chi connectivity index (χ0) is 107. The smallest absolute Gasteiger partial charge is 0.132 e. The molecule has 0 N–H and O–H groups in total. The van der Waals surface area contributed by atoms with Crippen molar-refractivity contribution in [1.82, 2.24) is 0 Å². The second-order valence-electron chi connectivity index (χ2n) is 35.1. The third-order valence-electron chi connectivity index (χ3n) is 24.3. The maximum atomic E-state index is 6.25. The minimum Gasteiger partial charge on any atom is -0.496 e. The molecule has 11 aromatic carbocycles. The van der Waals surface area contributed by atoms with E-state index in [1.807, 2.05) is 271 Å². The van der Waals surface area contributed by atoms with E-state index in [9.17, 15) is 0 Å². The third-order valence-corrected chi connectivity index (χ3v) is 30.8. The summed E-state index contributed by atoms with van der Waals surface area (Å²) in [5, 5.41) is 0. The predicted octanol–water partition coefficient (Wildman–Crippen LogP) is 33.8. The van der Waals surface area contributed by atoms with Gasteiger partial charge in [0.1, 0.15) is 115 Å². The van der Waals surface area contributed by atoms with Crippen LogP contribution in [0.15, 0.2) is 231 Å². The SMILES string of the molecule is CCOc1cccc(OCC)c1-c1ccc(-c2c(OCC)cccc2OCC)s1.COc1cccc(OC(C)C)c1-c1cc(-c2ccccc2)c(-c2c(OC)cccc2OC(C)C)s1.COc1cccc(OC(C)C)c1-c1sc(-c2c(OC)cccc2OC(C)C)c(C)c1C.COc1cccc(OC)c1-c1sc(-c2c(OC)cccc2OC)c(C)c1C.COc1cccc(OC)c1-c1sc(-c2c(OC)cccc2OC)c(C)c1C. The molecule has 5 aromatic heterocycles. The summed E-state index contributed by atoms with van der Waals surface area (Å²) in [7, 11) is 20.2. The normalized spacial score (nSPS) is 10.8. The Morgan fingerprint density at radius 3 is 0.570 bits per heavy atom. The molecule has 0 spiro atoms. The van der Waals surface area contributed by atoms with Gasteiger partial charge in [-0.15, -0.1) is 56.7 Å². The van der Waals surface area contributed by atoms with Crippen molar-refractivity contribution in [3.63, 3.8) is 0 Å². The molecule has 5 heterocycles. The number of methoxy groups -OCH3 is 12. The highest BCUT2D eigenvalue weighted by molar-refractivity contribution is 7.21. The Morgan fingerprint density at radius 2 is 0.362 bits per heavy atom. The van der Waals surface area contributed by atoms with Gasteiger partial charge in [-0.2, -0.15) is 0 Å². The fraction of sp³-hybridized carbons (Fsp3) is 0.306. The zero-order valence-electron chi connectivity index (χ0n) is 91.3. The molecule has 25 heteroatoms. The lowest BCUT2D eigenvalue weighted by Gasteiger charge is -2.17. The van der Waals surface area contributed by atoms with Gasteiger partial charge in [-0.1, -0.05) is 91.0 Å². The van der Waals surface area contributed by atoms with Gasteiger partial charge < -0.3 is 94.7 Å². The van der Waals surface area contributed by atoms with Crippen molar-refractivity contribution in [2.24, 2.45) is 0 Å². The Bertz CT molecular complexity index is 6510. The lowest BCUT2D eigenvalue weighted by Crippen LogP contribution is -2.07. The van der Waals surface area contributed by atoms with Gasteiger partial charge in [0.25, 0.3) is 0 Å². The van der Waals surface area contributed by atoms with Crippen molar-refractivity contribution in [2.45, 2.75) is 149 Å². The van der Waals surface area contributed by atoms with Crippen molar-refractivity contribution < 1.29 is 94.7 Å². The Labute approximate surface area is 900 Å². The first-order chi connectivity index (χ1) is 72.1. The molecule has 0 saturated heterocycles. The van der Waals surface area contributed by atoms with Gasteiger partial charge in [0.05, 0.1) is 197 Å². The molecule has 0 aliphatic heterocycles. The molecular weight excluding hydrogens is 1970 g/mol. The van der Waals surface area contributed by atoms with Gasteiger partial charge in [0.15, 0.2) is 0 Å². The molecule has 0 bridgehead atoms. The van der Waals surface area contributed by atoms with Crippen LogP contribution in [-0.2, 0) is 0 Å². The Morgan fingerprint density at radius 1 is 0.181 bits per heavy atom. The van der Waals surface area contributed by atoms with Gasteiger partial charge in [0, 0.05) is 49.5 Å². The number of hydrogen-bond acceptors (Lipinski definition) is 25. The molecule has 0 aliphatic carbocycles. The lowest BCUT2D eigenvalue weighted by molar-refractivity contribution is 0.242. The number of rotatable bonds is 39. The molecule has 0 aliphatic rings. The molecule has 0 unspecified atom stereocenters. The summed E-state index contributed by atoms with van der Waals surface area (Å²) < 4.78 is 116. The number of benzene rings is 11. The zero-order valence-corrected chi connectivity index (χ0v) is 95.4. The van der Waals surface area contributed by atoms with Crippen molar-refractivity contribution in [2.75, 3.05) is 112 Å². The predicted molar refractivity (Wildman–Crippen MR) is 616 cm³/mol. The van der Waals surface area contributed by atoms with E-state index < -0.39 is 0 Å². The molecule has 0 radical (unpaired) electrons. The molecule has 16 aromatic rings. The van der Waals surface area contributed by atoms with Gasteiger partial charge >= 0.3 is 0 Å². The summed E-state index contributed by atoms with van der Waals surface area (Å²) in [6.07, 6.45) is 0.189. The van der Waals surface area contributed by atoms with Gasteiger partial charge in [-0.05, 0) is 303 Å². The first kappa shape index (κ1) is 114. The fourth-order valence-electron chi connectivity index (χ4n) is 17.3. The van der Waals surface area contributed by atoms with Gasteiger partial charge in [-0.3, -0.25) is 0 Å². The van der Waals surface area contributed by atoms with Crippen LogP contribution in [0.5, 0.6) is 115 Å². The van der Waals surface area contributed by atoms with E-state index in [0.717, 1.165) is 231 Å². The van der Waals surface area contributed by atoms with E-state index >= 15 is 0 Å². The standard InChI is InChI=1S/C30H32O4S.C26H32O4S.C24H28O4S.2C22H24O4S/c1-19(2)33-25-16-10-14-23(31-5)28(25)27-18-22(21-12-8-7-9-13-21)30(35-27)29-24(32-6)15-11-17-26(29)34-20(3)4;1-15(2)29-21-13-9-11-19(27-7)23(21)25-17(5)18(6)26(31-25)24-20(28-8)12-10-14-22(24)30-16(3)4;1-5-25-17-11-9-12-18(26-6-2)23(17)21-15-16-22(29-21)24-19(27-7-3)13-10-14-20(24)28-8-4;2*1-13-14(2)22(20-17(25-5)11-8-12-18(20)26-6)27-21(13)19-15(23-3)9-7-10-16(19)24-4/h7-20H,1-6H3;9-16H,1-8H3;9-16H,5-8H2,1-4H3;2*7-12H,1-6H3. The minimum absolute atomic E-state index is 0.0284. The third kappa shape index (κ3) is 26.1. The minimum atomic E-state index is 0.0284. The van der Waals surface area contributed by atoms with Crippen LogP contribution in [0, 0.1) is 41.5 Å². The quantitative estimate of drug-likeness (QED) is 0.0354.